The summed E-state index contributed by atoms with van der Waals surface area (Å²) in [4.78, 5) is 14.4. The number of ether oxygens (including phenoxy) is 1. The van der Waals surface area contributed by atoms with Crippen molar-refractivity contribution >= 4 is 11.6 Å². The normalized spacial score (nSPS) is 14.0. The van der Waals surface area contributed by atoms with E-state index in [0.29, 0.717) is 18.8 Å². The van der Waals surface area contributed by atoms with Crippen LogP contribution in [0.1, 0.15) is 21.5 Å². The summed E-state index contributed by atoms with van der Waals surface area (Å²) in [6.45, 7) is 1.27. The van der Waals surface area contributed by atoms with Gasteiger partial charge in [0.25, 0.3) is 5.91 Å². The zero-order chi connectivity index (χ0) is 14.8. The van der Waals surface area contributed by atoms with Crippen molar-refractivity contribution in [2.24, 2.45) is 0 Å². The molecule has 0 bridgehead atoms. The molecule has 4 nitrogen and oxygen atoms in total. The van der Waals surface area contributed by atoms with E-state index >= 15 is 0 Å². The minimum Gasteiger partial charge on any atom is -0.496 e. The van der Waals surface area contributed by atoms with Gasteiger partial charge >= 0.3 is 0 Å². The van der Waals surface area contributed by atoms with Gasteiger partial charge < -0.3 is 15.4 Å². The first-order chi connectivity index (χ1) is 10.2. The van der Waals surface area contributed by atoms with Crippen LogP contribution in [-0.4, -0.2) is 24.5 Å². The fraction of sp³-hybridized carbons (Fsp3) is 0.235. The molecule has 2 N–H and O–H groups in total. The Morgan fingerprint density at radius 1 is 1.24 bits per heavy atom. The Morgan fingerprint density at radius 2 is 2.05 bits per heavy atom. The van der Waals surface area contributed by atoms with Crippen LogP contribution in [0.4, 0.5) is 5.69 Å². The molecule has 0 saturated carbocycles. The average molecular weight is 282 g/mol. The predicted molar refractivity (Wildman–Crippen MR) is 82.3 cm³/mol. The largest absolute Gasteiger partial charge is 0.496 e. The van der Waals surface area contributed by atoms with E-state index in [9.17, 15) is 4.79 Å². The topological polar surface area (TPSA) is 55.6 Å². The van der Waals surface area contributed by atoms with Crippen molar-refractivity contribution in [2.45, 2.75) is 13.0 Å². The van der Waals surface area contributed by atoms with Gasteiger partial charge in [-0.3, -0.25) is 4.79 Å². The molecular formula is C17H18N2O2. The lowest BCUT2D eigenvalue weighted by atomic mass is 9.98. The number of benzene rings is 2. The van der Waals surface area contributed by atoms with Gasteiger partial charge in [-0.25, -0.2) is 0 Å². The molecule has 0 aromatic heterocycles. The maximum atomic E-state index is 12.6. The zero-order valence-electron chi connectivity index (χ0n) is 12.0. The molecule has 21 heavy (non-hydrogen) atoms. The third-order valence-corrected chi connectivity index (χ3v) is 3.86. The van der Waals surface area contributed by atoms with Crippen molar-refractivity contribution in [3.05, 3.63) is 59.2 Å². The quantitative estimate of drug-likeness (QED) is 0.880. The lowest BCUT2D eigenvalue weighted by Crippen LogP contribution is -2.37. The molecule has 0 unspecified atom stereocenters. The molecule has 3 rings (SSSR count). The number of carbonyl (C=O) groups is 1. The number of anilines is 1. The lowest BCUT2D eigenvalue weighted by molar-refractivity contribution is 0.0726. The number of rotatable bonds is 3. The number of para-hydroxylation sites is 1. The van der Waals surface area contributed by atoms with Crippen LogP contribution in [0.5, 0.6) is 5.75 Å². The third-order valence-electron chi connectivity index (χ3n) is 3.86. The Kier molecular flexibility index (Phi) is 3.52. The number of amides is 1. The van der Waals surface area contributed by atoms with Gasteiger partial charge in [-0.1, -0.05) is 24.3 Å². The van der Waals surface area contributed by atoms with Crippen molar-refractivity contribution in [1.82, 2.24) is 4.90 Å². The van der Waals surface area contributed by atoms with Crippen LogP contribution in [0.15, 0.2) is 42.5 Å². The Hall–Kier alpha value is -2.49. The lowest BCUT2D eigenvalue weighted by Gasteiger charge is -2.29. The highest BCUT2D eigenvalue weighted by molar-refractivity contribution is 5.97. The van der Waals surface area contributed by atoms with Gasteiger partial charge in [-0.05, 0) is 30.2 Å². The molecule has 0 radical (unpaired) electrons. The fourth-order valence-corrected chi connectivity index (χ4v) is 2.73. The van der Waals surface area contributed by atoms with E-state index in [2.05, 4.69) is 0 Å². The van der Waals surface area contributed by atoms with Crippen LogP contribution in [0.2, 0.25) is 0 Å². The Balaban J connectivity index is 1.87. The molecule has 0 saturated heterocycles. The molecule has 1 amide bonds. The number of carbonyl (C=O) groups excluding carboxylic acids is 1. The van der Waals surface area contributed by atoms with Gasteiger partial charge in [-0.15, -0.1) is 0 Å². The molecule has 1 aliphatic rings. The Morgan fingerprint density at radius 3 is 2.86 bits per heavy atom. The maximum Gasteiger partial charge on any atom is 0.254 e. The van der Waals surface area contributed by atoms with Crippen molar-refractivity contribution in [2.75, 3.05) is 19.4 Å². The number of hydrogen-bond donors (Lipinski definition) is 1. The van der Waals surface area contributed by atoms with Gasteiger partial charge in [0.2, 0.25) is 0 Å². The van der Waals surface area contributed by atoms with E-state index in [-0.39, 0.29) is 5.91 Å². The van der Waals surface area contributed by atoms with Crippen LogP contribution in [0.3, 0.4) is 0 Å². The summed E-state index contributed by atoms with van der Waals surface area (Å²) in [7, 11) is 1.65. The molecular weight excluding hydrogens is 264 g/mol. The first-order valence-electron chi connectivity index (χ1n) is 6.98. The molecule has 0 aliphatic carbocycles. The molecule has 2 aromatic rings. The highest BCUT2D eigenvalue weighted by Crippen LogP contribution is 2.25. The minimum absolute atomic E-state index is 0.0365. The minimum atomic E-state index is 0.0365. The third kappa shape index (κ3) is 2.57. The van der Waals surface area contributed by atoms with Crippen LogP contribution in [-0.2, 0) is 13.0 Å². The van der Waals surface area contributed by atoms with Crippen molar-refractivity contribution < 1.29 is 9.53 Å². The van der Waals surface area contributed by atoms with E-state index in [1.165, 1.54) is 0 Å². The smallest absolute Gasteiger partial charge is 0.254 e. The van der Waals surface area contributed by atoms with E-state index < -0.39 is 0 Å². The molecule has 2 aromatic carbocycles. The summed E-state index contributed by atoms with van der Waals surface area (Å²) in [6, 6.07) is 13.3. The number of fused-ring (bicyclic) bond motifs is 1. The first-order valence-corrected chi connectivity index (χ1v) is 6.98. The number of nitrogen functional groups attached to an aromatic ring is 1. The van der Waals surface area contributed by atoms with Crippen LogP contribution < -0.4 is 10.5 Å². The summed E-state index contributed by atoms with van der Waals surface area (Å²) >= 11 is 0. The summed E-state index contributed by atoms with van der Waals surface area (Å²) in [5.74, 6) is 0.845. The summed E-state index contributed by atoms with van der Waals surface area (Å²) in [6.07, 6.45) is 0.858. The summed E-state index contributed by atoms with van der Waals surface area (Å²) in [5.41, 5.74) is 9.23. The number of hydrogen-bond acceptors (Lipinski definition) is 3. The number of nitrogens with two attached hydrogens (primary N) is 1. The van der Waals surface area contributed by atoms with Crippen LogP contribution in [0, 0.1) is 0 Å². The van der Waals surface area contributed by atoms with Crippen LogP contribution in [0.25, 0.3) is 0 Å². The van der Waals surface area contributed by atoms with Gasteiger partial charge in [0.05, 0.1) is 7.11 Å². The maximum absolute atomic E-state index is 12.6. The van der Waals surface area contributed by atoms with E-state index in [0.717, 1.165) is 28.9 Å². The van der Waals surface area contributed by atoms with Gasteiger partial charge in [-0.2, -0.15) is 0 Å². The van der Waals surface area contributed by atoms with E-state index in [1.807, 2.05) is 41.3 Å². The monoisotopic (exact) mass is 282 g/mol. The number of methoxy groups -OCH3 is 1. The van der Waals surface area contributed by atoms with E-state index in [4.69, 9.17) is 10.5 Å². The molecule has 0 spiro atoms. The van der Waals surface area contributed by atoms with Gasteiger partial charge in [0, 0.05) is 29.9 Å². The summed E-state index contributed by atoms with van der Waals surface area (Å²) < 4.78 is 5.35. The molecule has 0 atom stereocenters. The molecule has 0 fully saturated rings. The van der Waals surface area contributed by atoms with Crippen LogP contribution >= 0.6 is 0 Å². The second-order valence-electron chi connectivity index (χ2n) is 5.21. The van der Waals surface area contributed by atoms with E-state index in [1.54, 1.807) is 13.2 Å². The molecule has 1 aliphatic heterocycles. The average Bonchev–Trinajstić information content (AvgIpc) is 2.51. The second kappa shape index (κ2) is 5.48. The Bertz CT molecular complexity index is 682. The zero-order valence-corrected chi connectivity index (χ0v) is 12.0. The Labute approximate surface area is 124 Å². The van der Waals surface area contributed by atoms with Gasteiger partial charge in [0.1, 0.15) is 5.75 Å². The fourth-order valence-electron chi connectivity index (χ4n) is 2.73. The summed E-state index contributed by atoms with van der Waals surface area (Å²) in [5, 5.41) is 0. The first kappa shape index (κ1) is 13.5. The van der Waals surface area contributed by atoms with Gasteiger partial charge in [0.15, 0.2) is 0 Å². The number of nitrogens with zero attached hydrogens (tertiary/aromatic N) is 1. The standard InChI is InChI=1S/C17H18N2O2/c1-21-16-5-3-2-4-13(16)11-19-9-8-12-6-7-14(18)10-15(12)17(19)20/h2-7,10H,8-9,11,18H2,1H3. The highest BCUT2D eigenvalue weighted by atomic mass is 16.5. The van der Waals surface area contributed by atoms with Crippen molar-refractivity contribution in [1.29, 1.82) is 0 Å². The predicted octanol–water partition coefficient (Wildman–Crippen LogP) is 2.48. The van der Waals surface area contributed by atoms with Crippen molar-refractivity contribution in [3.8, 4) is 5.75 Å². The highest BCUT2D eigenvalue weighted by Gasteiger charge is 2.25. The molecule has 4 heteroatoms. The molecule has 108 valence electrons. The molecule has 1 heterocycles. The van der Waals surface area contributed by atoms with Crippen molar-refractivity contribution in [3.63, 3.8) is 0 Å². The second-order valence-corrected chi connectivity index (χ2v) is 5.21. The SMILES string of the molecule is COc1ccccc1CN1CCc2ccc(N)cc2C1=O.